The summed E-state index contributed by atoms with van der Waals surface area (Å²) in [5.41, 5.74) is 0.603. The molecule has 0 amide bonds. The Morgan fingerprint density at radius 2 is 1.59 bits per heavy atom. The van der Waals surface area contributed by atoms with Crippen molar-refractivity contribution in [3.8, 4) is 22.4 Å². The van der Waals surface area contributed by atoms with Gasteiger partial charge in [0, 0.05) is 31.7 Å². The molecule has 0 radical (unpaired) electrons. The highest BCUT2D eigenvalue weighted by atomic mass is 32.2. The molecule has 180 valence electrons. The molecule has 34 heavy (non-hydrogen) atoms. The highest BCUT2D eigenvalue weighted by molar-refractivity contribution is 7.89. The molecule has 0 aliphatic carbocycles. The summed E-state index contributed by atoms with van der Waals surface area (Å²) < 4.78 is 78.9. The van der Waals surface area contributed by atoms with E-state index in [2.05, 4.69) is 9.97 Å². The van der Waals surface area contributed by atoms with Crippen LogP contribution in [-0.2, 0) is 16.2 Å². The SMILES string of the molecule is CN1CCN(c2nc(C(F)(F)F)nc(-c3ccc(F)cc3)c2-c2cccc(S(N)(=O)=O)c2)CC1. The molecular formula is C22H21F4N5O2S. The lowest BCUT2D eigenvalue weighted by molar-refractivity contribution is -0.144. The molecular weight excluding hydrogens is 474 g/mol. The van der Waals surface area contributed by atoms with Gasteiger partial charge in [-0.15, -0.1) is 0 Å². The van der Waals surface area contributed by atoms with Crippen molar-refractivity contribution in [1.82, 2.24) is 14.9 Å². The van der Waals surface area contributed by atoms with E-state index < -0.39 is 27.8 Å². The van der Waals surface area contributed by atoms with E-state index in [9.17, 15) is 26.0 Å². The molecule has 1 aliphatic rings. The van der Waals surface area contributed by atoms with Crippen LogP contribution in [0.5, 0.6) is 0 Å². The van der Waals surface area contributed by atoms with Gasteiger partial charge in [0.05, 0.1) is 16.2 Å². The van der Waals surface area contributed by atoms with Gasteiger partial charge >= 0.3 is 6.18 Å². The normalized spacial score (nSPS) is 15.5. The molecule has 0 bridgehead atoms. The molecule has 1 saturated heterocycles. The summed E-state index contributed by atoms with van der Waals surface area (Å²) in [5.74, 6) is -1.89. The first-order valence-corrected chi connectivity index (χ1v) is 11.8. The summed E-state index contributed by atoms with van der Waals surface area (Å²) in [4.78, 5) is 11.2. The monoisotopic (exact) mass is 495 g/mol. The number of primary sulfonamides is 1. The standard InChI is InChI=1S/C22H21F4N5O2S/c1-30-9-11-31(12-10-30)20-18(15-3-2-4-17(13-15)34(27,32)33)19(14-5-7-16(23)8-6-14)28-21(29-20)22(24,25)26/h2-8,13H,9-12H2,1H3,(H2,27,32,33). The molecule has 1 aromatic heterocycles. The largest absolute Gasteiger partial charge is 0.451 e. The minimum Gasteiger partial charge on any atom is -0.353 e. The van der Waals surface area contributed by atoms with E-state index >= 15 is 0 Å². The van der Waals surface area contributed by atoms with Gasteiger partial charge in [-0.25, -0.2) is 27.9 Å². The lowest BCUT2D eigenvalue weighted by atomic mass is 9.98. The third-order valence-electron chi connectivity index (χ3n) is 5.52. The molecule has 2 heterocycles. The summed E-state index contributed by atoms with van der Waals surface area (Å²) in [5, 5.41) is 5.28. The molecule has 0 atom stereocenters. The molecule has 0 unspecified atom stereocenters. The fraction of sp³-hybridized carbons (Fsp3) is 0.273. The minimum atomic E-state index is -4.84. The number of anilines is 1. The van der Waals surface area contributed by atoms with Gasteiger partial charge in [-0.3, -0.25) is 0 Å². The number of nitrogens with two attached hydrogens (primary N) is 1. The smallest absolute Gasteiger partial charge is 0.353 e. The quantitative estimate of drug-likeness (QED) is 0.558. The molecule has 3 aromatic rings. The Morgan fingerprint density at radius 1 is 0.941 bits per heavy atom. The highest BCUT2D eigenvalue weighted by Gasteiger charge is 2.38. The van der Waals surface area contributed by atoms with Crippen molar-refractivity contribution in [2.24, 2.45) is 5.14 Å². The zero-order chi connectivity index (χ0) is 24.7. The van der Waals surface area contributed by atoms with Crippen molar-refractivity contribution >= 4 is 15.8 Å². The van der Waals surface area contributed by atoms with Crippen LogP contribution >= 0.6 is 0 Å². The Morgan fingerprint density at radius 3 is 2.18 bits per heavy atom. The molecule has 1 fully saturated rings. The van der Waals surface area contributed by atoms with Crippen LogP contribution in [0.4, 0.5) is 23.4 Å². The summed E-state index contributed by atoms with van der Waals surface area (Å²) >= 11 is 0. The van der Waals surface area contributed by atoms with Crippen molar-refractivity contribution in [1.29, 1.82) is 0 Å². The number of halogens is 4. The van der Waals surface area contributed by atoms with E-state index in [-0.39, 0.29) is 33.1 Å². The topological polar surface area (TPSA) is 92.4 Å². The Hall–Kier alpha value is -3.09. The first kappa shape index (κ1) is 24.0. The molecule has 0 saturated carbocycles. The number of benzene rings is 2. The van der Waals surface area contributed by atoms with E-state index in [1.165, 1.54) is 30.3 Å². The van der Waals surface area contributed by atoms with Gasteiger partial charge < -0.3 is 9.80 Å². The third kappa shape index (κ3) is 5.03. The lowest BCUT2D eigenvalue weighted by Gasteiger charge is -2.35. The molecule has 12 heteroatoms. The van der Waals surface area contributed by atoms with Crippen LogP contribution in [0, 0.1) is 5.82 Å². The second-order valence-corrected chi connectivity index (χ2v) is 9.52. The summed E-state index contributed by atoms with van der Waals surface area (Å²) in [6, 6.07) is 10.4. The zero-order valence-electron chi connectivity index (χ0n) is 18.1. The number of nitrogens with zero attached hydrogens (tertiary/aromatic N) is 4. The van der Waals surface area contributed by atoms with E-state index in [1.54, 1.807) is 11.0 Å². The second-order valence-electron chi connectivity index (χ2n) is 7.96. The van der Waals surface area contributed by atoms with Gasteiger partial charge in [0.1, 0.15) is 11.6 Å². The Kier molecular flexibility index (Phi) is 6.32. The molecule has 2 N–H and O–H groups in total. The van der Waals surface area contributed by atoms with E-state index in [4.69, 9.17) is 5.14 Å². The predicted molar refractivity (Wildman–Crippen MR) is 119 cm³/mol. The molecule has 2 aromatic carbocycles. The summed E-state index contributed by atoms with van der Waals surface area (Å²) in [7, 11) is -2.18. The minimum absolute atomic E-state index is 0.0151. The summed E-state index contributed by atoms with van der Waals surface area (Å²) in [6.07, 6.45) is -4.84. The van der Waals surface area contributed by atoms with Crippen molar-refractivity contribution < 1.29 is 26.0 Å². The van der Waals surface area contributed by atoms with E-state index in [0.717, 1.165) is 12.1 Å². The Labute approximate surface area is 193 Å². The van der Waals surface area contributed by atoms with Gasteiger partial charge in [-0.1, -0.05) is 12.1 Å². The second kappa shape index (κ2) is 8.93. The molecule has 1 aliphatic heterocycles. The molecule has 0 spiro atoms. The first-order chi connectivity index (χ1) is 15.9. The molecule has 4 rings (SSSR count). The van der Waals surface area contributed by atoms with Crippen molar-refractivity contribution in [3.05, 3.63) is 60.2 Å². The highest BCUT2D eigenvalue weighted by Crippen LogP contribution is 2.41. The Bertz CT molecular complexity index is 1310. The van der Waals surface area contributed by atoms with Crippen molar-refractivity contribution in [2.75, 3.05) is 38.1 Å². The number of sulfonamides is 1. The number of piperazine rings is 1. The maximum atomic E-state index is 13.8. The van der Waals surface area contributed by atoms with Gasteiger partial charge in [-0.2, -0.15) is 13.2 Å². The van der Waals surface area contributed by atoms with Gasteiger partial charge in [-0.05, 0) is 49.0 Å². The number of hydrogen-bond acceptors (Lipinski definition) is 6. The number of rotatable bonds is 4. The zero-order valence-corrected chi connectivity index (χ0v) is 18.9. The van der Waals surface area contributed by atoms with Crippen LogP contribution < -0.4 is 10.0 Å². The predicted octanol–water partition coefficient (Wildman–Crippen LogP) is 3.37. The number of likely N-dealkylation sites (N-methyl/N-ethyl adjacent to an activating group) is 1. The fourth-order valence-corrected chi connectivity index (χ4v) is 4.29. The number of hydrogen-bond donors (Lipinski definition) is 1. The molecule has 7 nitrogen and oxygen atoms in total. The van der Waals surface area contributed by atoms with Gasteiger partial charge in [0.25, 0.3) is 0 Å². The maximum absolute atomic E-state index is 13.8. The Balaban J connectivity index is 2.04. The van der Waals surface area contributed by atoms with Gasteiger partial charge in [0.15, 0.2) is 0 Å². The lowest BCUT2D eigenvalue weighted by Crippen LogP contribution is -2.45. The first-order valence-electron chi connectivity index (χ1n) is 10.3. The fourth-order valence-electron chi connectivity index (χ4n) is 3.73. The van der Waals surface area contributed by atoms with Crippen LogP contribution in [0.25, 0.3) is 22.4 Å². The van der Waals surface area contributed by atoms with Crippen molar-refractivity contribution in [3.63, 3.8) is 0 Å². The average Bonchev–Trinajstić information content (AvgIpc) is 2.78. The van der Waals surface area contributed by atoms with Crippen LogP contribution in [-0.4, -0.2) is 56.5 Å². The third-order valence-corrected chi connectivity index (χ3v) is 6.43. The van der Waals surface area contributed by atoms with E-state index in [0.29, 0.717) is 26.2 Å². The maximum Gasteiger partial charge on any atom is 0.451 e. The van der Waals surface area contributed by atoms with Crippen LogP contribution in [0.15, 0.2) is 53.4 Å². The number of alkyl halides is 3. The van der Waals surface area contributed by atoms with Gasteiger partial charge in [0.2, 0.25) is 15.8 Å². The number of aromatic nitrogens is 2. The van der Waals surface area contributed by atoms with Crippen LogP contribution in [0.3, 0.4) is 0 Å². The van der Waals surface area contributed by atoms with E-state index in [1.807, 2.05) is 11.9 Å². The van der Waals surface area contributed by atoms with Crippen LogP contribution in [0.1, 0.15) is 5.82 Å². The average molecular weight is 496 g/mol. The van der Waals surface area contributed by atoms with Crippen molar-refractivity contribution in [2.45, 2.75) is 11.1 Å². The van der Waals surface area contributed by atoms with Crippen LogP contribution in [0.2, 0.25) is 0 Å². The summed E-state index contributed by atoms with van der Waals surface area (Å²) in [6.45, 7) is 1.98.